The van der Waals surface area contributed by atoms with Gasteiger partial charge >= 0.3 is 5.97 Å². The van der Waals surface area contributed by atoms with E-state index in [9.17, 15) is 15.0 Å². The summed E-state index contributed by atoms with van der Waals surface area (Å²) in [5.41, 5.74) is 4.91. The number of aromatic hydroxyl groups is 1. The van der Waals surface area contributed by atoms with Gasteiger partial charge in [0.25, 0.3) is 6.23 Å². The molecule has 0 unspecified atom stereocenters. The van der Waals surface area contributed by atoms with Crippen molar-refractivity contribution in [3.63, 3.8) is 0 Å². The molecule has 0 radical (unpaired) electrons. The van der Waals surface area contributed by atoms with Gasteiger partial charge in [0.1, 0.15) is 5.75 Å². The summed E-state index contributed by atoms with van der Waals surface area (Å²) in [6.45, 7) is 9.07. The summed E-state index contributed by atoms with van der Waals surface area (Å²) < 4.78 is 5.26. The maximum atomic E-state index is 11.6. The van der Waals surface area contributed by atoms with Gasteiger partial charge in [-0.2, -0.15) is 0 Å². The van der Waals surface area contributed by atoms with Crippen LogP contribution in [0.3, 0.4) is 0 Å². The molecule has 1 saturated heterocycles. The minimum absolute atomic E-state index is 0.198. The Morgan fingerprint density at radius 3 is 2.51 bits per heavy atom. The predicted octanol–water partition coefficient (Wildman–Crippen LogP) is 4.36. The quantitative estimate of drug-likeness (QED) is 0.294. The highest BCUT2D eigenvalue weighted by Gasteiger charge is 2.30. The summed E-state index contributed by atoms with van der Waals surface area (Å²) in [6, 6.07) is 24.6. The van der Waals surface area contributed by atoms with Crippen LogP contribution in [-0.4, -0.2) is 73.1 Å². The highest BCUT2D eigenvalue weighted by Crippen LogP contribution is 2.31. The van der Waals surface area contributed by atoms with Gasteiger partial charge < -0.3 is 19.8 Å². The Bertz CT molecular complexity index is 1480. The van der Waals surface area contributed by atoms with Gasteiger partial charge in [0.2, 0.25) is 5.82 Å². The number of aromatic nitrogens is 4. The van der Waals surface area contributed by atoms with Gasteiger partial charge in [-0.05, 0) is 61.2 Å². The molecule has 5 rings (SSSR count). The van der Waals surface area contributed by atoms with Crippen LogP contribution in [0.1, 0.15) is 43.7 Å². The number of anilines is 1. The Hall–Kier alpha value is -4.28. The number of nitrogens with zero attached hydrogens (tertiary/aromatic N) is 6. The molecule has 1 aliphatic rings. The number of hydrogen-bond donors (Lipinski definition) is 2. The van der Waals surface area contributed by atoms with Crippen LogP contribution in [0.15, 0.2) is 72.8 Å². The lowest BCUT2D eigenvalue weighted by molar-refractivity contribution is -0.159. The Balaban J connectivity index is 1.35. The average Bonchev–Trinajstić information content (AvgIpc) is 3.43. The zero-order valence-electron chi connectivity index (χ0n) is 23.6. The lowest BCUT2D eigenvalue weighted by Gasteiger charge is -2.45. The molecule has 3 atom stereocenters. The van der Waals surface area contributed by atoms with E-state index in [0.717, 1.165) is 46.8 Å². The number of carbonyl (C=O) groups is 1. The van der Waals surface area contributed by atoms with Gasteiger partial charge in [0.15, 0.2) is 0 Å². The van der Waals surface area contributed by atoms with Crippen molar-refractivity contribution in [1.29, 1.82) is 0 Å². The number of hydrogen-bond acceptors (Lipinski definition) is 8. The molecule has 2 heterocycles. The molecule has 1 fully saturated rings. The van der Waals surface area contributed by atoms with Gasteiger partial charge in [-0.25, -0.2) is 4.79 Å². The summed E-state index contributed by atoms with van der Waals surface area (Å²) in [5.74, 6) is -0.670. The molecule has 1 aliphatic heterocycles. The topological polar surface area (TPSA) is 117 Å². The first kappa shape index (κ1) is 28.3. The SMILES string of the molecule is CCO[C@H](C(=O)O)n1nnc(-c2ccccc2Cc2cc(O)cc(N3C[C@@H](C)N(Cc4ccccc4)C[C@@H]3C)c2)n1. The largest absolute Gasteiger partial charge is 0.508 e. The fraction of sp³-hybridized carbons (Fsp3) is 0.355. The molecule has 1 aromatic heterocycles. The normalized spacial score (nSPS) is 18.4. The standard InChI is InChI=1S/C31H36N6O4/c1-4-41-30(31(39)40)37-33-29(32-34-37)28-13-9-8-12-25(28)14-24-15-26(17-27(38)16-24)36-19-21(2)35(18-22(36)3)20-23-10-6-5-7-11-23/h5-13,15-17,21-22,30,38H,4,14,18-20H2,1-3H3,(H,39,40)/t21-,22+,30-/m1/s1. The van der Waals surface area contributed by atoms with Crippen LogP contribution in [0.2, 0.25) is 0 Å². The van der Waals surface area contributed by atoms with E-state index in [-0.39, 0.29) is 18.4 Å². The molecular formula is C31H36N6O4. The van der Waals surface area contributed by atoms with Crippen molar-refractivity contribution in [2.75, 3.05) is 24.6 Å². The molecule has 214 valence electrons. The smallest absolute Gasteiger partial charge is 0.357 e. The molecule has 3 aromatic carbocycles. The van der Waals surface area contributed by atoms with Crippen LogP contribution < -0.4 is 4.90 Å². The monoisotopic (exact) mass is 556 g/mol. The number of tetrazole rings is 1. The van der Waals surface area contributed by atoms with E-state index in [1.165, 1.54) is 5.56 Å². The number of aliphatic carboxylic acids is 1. The van der Waals surface area contributed by atoms with Gasteiger partial charge in [-0.15, -0.1) is 15.0 Å². The third-order valence-corrected chi connectivity index (χ3v) is 7.46. The van der Waals surface area contributed by atoms with Gasteiger partial charge in [-0.1, -0.05) is 54.6 Å². The number of rotatable bonds is 10. The van der Waals surface area contributed by atoms with E-state index in [4.69, 9.17) is 4.74 Å². The third-order valence-electron chi connectivity index (χ3n) is 7.46. The molecule has 41 heavy (non-hydrogen) atoms. The van der Waals surface area contributed by atoms with E-state index < -0.39 is 12.2 Å². The summed E-state index contributed by atoms with van der Waals surface area (Å²) >= 11 is 0. The Morgan fingerprint density at radius 1 is 1.00 bits per heavy atom. The van der Waals surface area contributed by atoms with Crippen molar-refractivity contribution in [2.24, 2.45) is 0 Å². The number of ether oxygens (including phenoxy) is 1. The molecule has 0 bridgehead atoms. The lowest BCUT2D eigenvalue weighted by atomic mass is 9.98. The first-order valence-electron chi connectivity index (χ1n) is 13.9. The van der Waals surface area contributed by atoms with E-state index in [2.05, 4.69) is 69.4 Å². The van der Waals surface area contributed by atoms with Crippen LogP contribution >= 0.6 is 0 Å². The van der Waals surface area contributed by atoms with Gasteiger partial charge in [0, 0.05) is 55.6 Å². The Kier molecular flexibility index (Phi) is 8.61. The summed E-state index contributed by atoms with van der Waals surface area (Å²) in [7, 11) is 0. The number of phenols is 1. The van der Waals surface area contributed by atoms with Gasteiger partial charge in [0.05, 0.1) is 0 Å². The number of carboxylic acid groups (broad SMARTS) is 1. The zero-order chi connectivity index (χ0) is 28.9. The molecule has 0 saturated carbocycles. The number of carboxylic acids is 1. The van der Waals surface area contributed by atoms with Crippen molar-refractivity contribution in [3.05, 3.63) is 89.5 Å². The molecule has 0 amide bonds. The lowest BCUT2D eigenvalue weighted by Crippen LogP contribution is -2.56. The van der Waals surface area contributed by atoms with Crippen molar-refractivity contribution >= 4 is 11.7 Å². The molecule has 4 aromatic rings. The fourth-order valence-electron chi connectivity index (χ4n) is 5.46. The fourth-order valence-corrected chi connectivity index (χ4v) is 5.46. The molecular weight excluding hydrogens is 520 g/mol. The van der Waals surface area contributed by atoms with E-state index in [1.54, 1.807) is 13.0 Å². The summed E-state index contributed by atoms with van der Waals surface area (Å²) in [5, 5.41) is 32.6. The predicted molar refractivity (Wildman–Crippen MR) is 156 cm³/mol. The van der Waals surface area contributed by atoms with Crippen molar-refractivity contribution in [3.8, 4) is 17.1 Å². The minimum atomic E-state index is -1.35. The second-order valence-corrected chi connectivity index (χ2v) is 10.5. The first-order chi connectivity index (χ1) is 19.8. The highest BCUT2D eigenvalue weighted by atomic mass is 16.5. The Labute approximate surface area is 239 Å². The van der Waals surface area contributed by atoms with E-state index >= 15 is 0 Å². The second-order valence-electron chi connectivity index (χ2n) is 10.5. The van der Waals surface area contributed by atoms with Crippen LogP contribution in [0.25, 0.3) is 11.4 Å². The molecule has 0 spiro atoms. The van der Waals surface area contributed by atoms with Crippen LogP contribution in [0.4, 0.5) is 5.69 Å². The molecule has 10 nitrogen and oxygen atoms in total. The van der Waals surface area contributed by atoms with Gasteiger partial charge in [-0.3, -0.25) is 4.90 Å². The van der Waals surface area contributed by atoms with Crippen LogP contribution in [-0.2, 0) is 22.5 Å². The third kappa shape index (κ3) is 6.55. The number of benzene rings is 3. The number of phenolic OH excluding ortho intramolecular Hbond substituents is 1. The van der Waals surface area contributed by atoms with Crippen LogP contribution in [0, 0.1) is 0 Å². The molecule has 10 heteroatoms. The number of piperazine rings is 1. The Morgan fingerprint density at radius 2 is 1.76 bits per heavy atom. The van der Waals surface area contributed by atoms with Crippen LogP contribution in [0.5, 0.6) is 5.75 Å². The second kappa shape index (κ2) is 12.5. The van der Waals surface area contributed by atoms with Crippen molar-refractivity contribution in [2.45, 2.75) is 52.0 Å². The maximum Gasteiger partial charge on any atom is 0.357 e. The summed E-state index contributed by atoms with van der Waals surface area (Å²) in [4.78, 5) is 17.5. The highest BCUT2D eigenvalue weighted by molar-refractivity contribution is 5.70. The first-order valence-corrected chi connectivity index (χ1v) is 13.9. The molecule has 2 N–H and O–H groups in total. The maximum absolute atomic E-state index is 11.6. The summed E-state index contributed by atoms with van der Waals surface area (Å²) in [6.07, 6.45) is -0.822. The van der Waals surface area contributed by atoms with Crippen molar-refractivity contribution in [1.82, 2.24) is 25.1 Å². The average molecular weight is 557 g/mol. The zero-order valence-corrected chi connectivity index (χ0v) is 23.6. The minimum Gasteiger partial charge on any atom is -0.508 e. The van der Waals surface area contributed by atoms with Crippen molar-refractivity contribution < 1.29 is 19.7 Å². The molecule has 0 aliphatic carbocycles. The van der Waals surface area contributed by atoms with E-state index in [0.29, 0.717) is 18.3 Å². The van der Waals surface area contributed by atoms with E-state index in [1.807, 2.05) is 36.4 Å².